The number of guanidine groups is 2. The molecule has 1 aliphatic heterocycles. The topological polar surface area (TPSA) is 332 Å². The van der Waals surface area contributed by atoms with Gasteiger partial charge in [0, 0.05) is 33.0 Å². The van der Waals surface area contributed by atoms with Crippen LogP contribution < -0.4 is 49.5 Å². The smallest absolute Gasteiger partial charge is 0.326 e. The molecule has 20 nitrogen and oxygen atoms in total. The molecule has 0 saturated carbocycles. The Balaban J connectivity index is 2.47. The highest BCUT2D eigenvalue weighted by Gasteiger charge is 2.37. The second-order valence-electron chi connectivity index (χ2n) is 15.2. The number of aliphatic imine (C=N–C) groups is 2. The lowest BCUT2D eigenvalue weighted by molar-refractivity contribution is -0.144. The molecule has 0 aromatic heterocycles. The quantitative estimate of drug-likeness (QED) is 0.0320. The standard InChI is InChI=1S/C40H66N12O8/c1-6-23(3)31(37(58)51-32(38(59)60)24(4)7-2)50-34(55)28(17-12-20-46-40(43)44)47-35(56)29(22-26-14-9-8-10-15-26)49-33(54)27(16-11-19-45-39(41)42)48-36(57)30-18-13-21-52(30)25(5)53/h8-10,14-15,23-24,27-32H,6-7,11-13,16-22H2,1-5H3,(H,47,56)(H,48,57)(H,49,54)(H,50,55)(H,51,58)(H,59,60)(H4,41,42,45)(H4,43,44,46)/t23-,24-,27-,28-,29-,30-,31-,32-/m0/s1. The van der Waals surface area contributed by atoms with Crippen molar-refractivity contribution >= 4 is 53.3 Å². The van der Waals surface area contributed by atoms with E-state index in [1.807, 2.05) is 6.92 Å². The number of nitrogens with two attached hydrogens (primary N) is 4. The fourth-order valence-corrected chi connectivity index (χ4v) is 6.71. The molecule has 0 spiro atoms. The maximum Gasteiger partial charge on any atom is 0.326 e. The minimum Gasteiger partial charge on any atom is -0.480 e. The highest BCUT2D eigenvalue weighted by Crippen LogP contribution is 2.18. The second-order valence-corrected chi connectivity index (χ2v) is 15.2. The lowest BCUT2D eigenvalue weighted by atomic mass is 9.95. The van der Waals surface area contributed by atoms with E-state index in [0.29, 0.717) is 37.8 Å². The zero-order valence-electron chi connectivity index (χ0n) is 35.4. The van der Waals surface area contributed by atoms with Crippen LogP contribution in [0.3, 0.4) is 0 Å². The summed E-state index contributed by atoms with van der Waals surface area (Å²) in [7, 11) is 0. The summed E-state index contributed by atoms with van der Waals surface area (Å²) in [5.41, 5.74) is 22.6. The van der Waals surface area contributed by atoms with Crippen molar-refractivity contribution in [1.82, 2.24) is 31.5 Å². The van der Waals surface area contributed by atoms with Crippen molar-refractivity contribution in [2.75, 3.05) is 19.6 Å². The predicted molar refractivity (Wildman–Crippen MR) is 227 cm³/mol. The number of amides is 6. The van der Waals surface area contributed by atoms with Crippen LogP contribution in [-0.2, 0) is 40.0 Å². The number of aliphatic carboxylic acids is 1. The summed E-state index contributed by atoms with van der Waals surface area (Å²) in [6.07, 6.45) is 2.53. The Hall–Kier alpha value is -5.95. The number of nitrogens with one attached hydrogen (secondary N) is 5. The molecule has 0 unspecified atom stereocenters. The summed E-state index contributed by atoms with van der Waals surface area (Å²) < 4.78 is 0. The van der Waals surface area contributed by atoms with E-state index in [1.54, 1.807) is 51.1 Å². The molecule has 6 amide bonds. The van der Waals surface area contributed by atoms with E-state index >= 15 is 0 Å². The van der Waals surface area contributed by atoms with Gasteiger partial charge in [-0.2, -0.15) is 0 Å². The van der Waals surface area contributed by atoms with E-state index in [4.69, 9.17) is 22.9 Å². The van der Waals surface area contributed by atoms with E-state index < -0.39 is 83.6 Å². The van der Waals surface area contributed by atoms with Gasteiger partial charge in [0.05, 0.1) is 0 Å². The number of carbonyl (C=O) groups excluding carboxylic acids is 6. The summed E-state index contributed by atoms with van der Waals surface area (Å²) in [5, 5.41) is 23.4. The number of carboxylic acid groups (broad SMARTS) is 1. The molecule has 14 N–H and O–H groups in total. The fraction of sp³-hybridized carbons (Fsp3) is 0.625. The van der Waals surface area contributed by atoms with Gasteiger partial charge < -0.3 is 59.5 Å². The van der Waals surface area contributed by atoms with E-state index in [2.05, 4.69) is 36.6 Å². The molecule has 334 valence electrons. The third-order valence-electron chi connectivity index (χ3n) is 10.6. The zero-order chi connectivity index (χ0) is 44.9. The Morgan fingerprint density at radius 3 is 1.72 bits per heavy atom. The monoisotopic (exact) mass is 843 g/mol. The number of likely N-dealkylation sites (tertiary alicyclic amines) is 1. The number of nitrogens with zero attached hydrogens (tertiary/aromatic N) is 3. The first kappa shape index (κ1) is 50.2. The number of rotatable bonds is 25. The van der Waals surface area contributed by atoms with Gasteiger partial charge in [0.2, 0.25) is 35.4 Å². The molecule has 1 heterocycles. The third kappa shape index (κ3) is 16.7. The summed E-state index contributed by atoms with van der Waals surface area (Å²) in [5.74, 6) is -6.03. The Morgan fingerprint density at radius 2 is 1.20 bits per heavy atom. The SMILES string of the molecule is CC[C@H](C)[C@H](NC(=O)[C@@H](NC(=O)[C@H](CCCN=C(N)N)NC(=O)[C@H](Cc1ccccc1)NC(=O)[C@H](CCCN=C(N)N)NC(=O)[C@@H]1CCCN1C(C)=O)[C@@H](C)CC)C(=O)O. The van der Waals surface area contributed by atoms with Gasteiger partial charge >= 0.3 is 5.97 Å². The molecule has 1 fully saturated rings. The number of hydrogen-bond donors (Lipinski definition) is 10. The van der Waals surface area contributed by atoms with Gasteiger partial charge in [-0.05, 0) is 55.9 Å². The lowest BCUT2D eigenvalue weighted by Crippen LogP contribution is -2.60. The molecule has 60 heavy (non-hydrogen) atoms. The van der Waals surface area contributed by atoms with Crippen LogP contribution in [0.25, 0.3) is 0 Å². The van der Waals surface area contributed by atoms with Gasteiger partial charge in [0.15, 0.2) is 11.9 Å². The third-order valence-corrected chi connectivity index (χ3v) is 10.6. The van der Waals surface area contributed by atoms with Crippen molar-refractivity contribution in [3.8, 4) is 0 Å². The largest absolute Gasteiger partial charge is 0.480 e. The van der Waals surface area contributed by atoms with Crippen molar-refractivity contribution in [2.45, 2.75) is 129 Å². The van der Waals surface area contributed by atoms with Gasteiger partial charge in [-0.1, -0.05) is 70.9 Å². The van der Waals surface area contributed by atoms with Gasteiger partial charge in [-0.15, -0.1) is 0 Å². The fourth-order valence-electron chi connectivity index (χ4n) is 6.71. The average molecular weight is 843 g/mol. The van der Waals surface area contributed by atoms with E-state index in [0.717, 1.165) is 0 Å². The normalized spacial score (nSPS) is 16.9. The molecule has 2 rings (SSSR count). The molecule has 20 heteroatoms. The van der Waals surface area contributed by atoms with Gasteiger partial charge in [0.25, 0.3) is 0 Å². The van der Waals surface area contributed by atoms with Crippen molar-refractivity contribution in [1.29, 1.82) is 0 Å². The molecular weight excluding hydrogens is 777 g/mol. The highest BCUT2D eigenvalue weighted by atomic mass is 16.4. The summed E-state index contributed by atoms with van der Waals surface area (Å²) >= 11 is 0. The van der Waals surface area contributed by atoms with Crippen molar-refractivity contribution in [3.05, 3.63) is 35.9 Å². The first-order valence-electron chi connectivity index (χ1n) is 20.6. The maximum absolute atomic E-state index is 14.3. The molecule has 0 bridgehead atoms. The van der Waals surface area contributed by atoms with Gasteiger partial charge in [-0.3, -0.25) is 38.8 Å². The van der Waals surface area contributed by atoms with Crippen LogP contribution in [0.4, 0.5) is 0 Å². The second kappa shape index (κ2) is 25.5. The molecule has 1 saturated heterocycles. The van der Waals surface area contributed by atoms with Crippen LogP contribution in [0, 0.1) is 11.8 Å². The molecule has 1 aromatic rings. The highest BCUT2D eigenvalue weighted by molar-refractivity contribution is 5.97. The van der Waals surface area contributed by atoms with Crippen LogP contribution in [0.2, 0.25) is 0 Å². The van der Waals surface area contributed by atoms with Crippen LogP contribution in [0.1, 0.15) is 91.5 Å². The first-order valence-corrected chi connectivity index (χ1v) is 20.6. The Kier molecular flexibility index (Phi) is 21.3. The summed E-state index contributed by atoms with van der Waals surface area (Å²) in [6.45, 7) is 9.08. The number of benzene rings is 1. The average Bonchev–Trinajstić information content (AvgIpc) is 3.71. The van der Waals surface area contributed by atoms with Crippen LogP contribution in [-0.4, -0.2) is 119 Å². The van der Waals surface area contributed by atoms with Gasteiger partial charge in [0.1, 0.15) is 36.3 Å². The first-order chi connectivity index (χ1) is 28.4. The van der Waals surface area contributed by atoms with Gasteiger partial charge in [-0.25, -0.2) is 4.79 Å². The summed E-state index contributed by atoms with van der Waals surface area (Å²) in [4.78, 5) is 103. The van der Waals surface area contributed by atoms with Crippen molar-refractivity contribution < 1.29 is 38.7 Å². The van der Waals surface area contributed by atoms with E-state index in [9.17, 15) is 38.7 Å². The molecule has 8 atom stereocenters. The van der Waals surface area contributed by atoms with Crippen molar-refractivity contribution in [2.24, 2.45) is 44.8 Å². The maximum atomic E-state index is 14.3. The minimum absolute atomic E-state index is 0.0112. The minimum atomic E-state index is -1.27. The molecule has 1 aromatic carbocycles. The lowest BCUT2D eigenvalue weighted by Gasteiger charge is -2.30. The molecular formula is C40H66N12O8. The summed E-state index contributed by atoms with van der Waals surface area (Å²) in [6, 6.07) is 2.00. The van der Waals surface area contributed by atoms with E-state index in [-0.39, 0.29) is 63.0 Å². The predicted octanol–water partition coefficient (Wildman–Crippen LogP) is -1.05. The molecule has 0 aliphatic carbocycles. The number of carbonyl (C=O) groups is 7. The van der Waals surface area contributed by atoms with Crippen LogP contribution >= 0.6 is 0 Å². The zero-order valence-corrected chi connectivity index (χ0v) is 35.4. The number of carboxylic acids is 1. The molecule has 0 radical (unpaired) electrons. The Labute approximate surface area is 351 Å². The van der Waals surface area contributed by atoms with Crippen molar-refractivity contribution in [3.63, 3.8) is 0 Å². The Bertz CT molecular complexity index is 1670. The number of hydrogen-bond acceptors (Lipinski definition) is 9. The van der Waals surface area contributed by atoms with Crippen LogP contribution in [0.5, 0.6) is 0 Å². The van der Waals surface area contributed by atoms with Crippen LogP contribution in [0.15, 0.2) is 40.3 Å². The molecule has 1 aliphatic rings. The van der Waals surface area contributed by atoms with E-state index in [1.165, 1.54) is 11.8 Å². The Morgan fingerprint density at radius 1 is 0.717 bits per heavy atom.